The lowest BCUT2D eigenvalue weighted by molar-refractivity contribution is -0.118. The summed E-state index contributed by atoms with van der Waals surface area (Å²) in [6.07, 6.45) is 13.5. The summed E-state index contributed by atoms with van der Waals surface area (Å²) in [5.41, 5.74) is -0.954. The number of hydrogen-bond acceptors (Lipinski definition) is 5. The molecule has 1 saturated heterocycles. The van der Waals surface area contributed by atoms with Gasteiger partial charge in [-0.05, 0) is 55.3 Å². The minimum Gasteiger partial charge on any atom is -0.511 e. The Labute approximate surface area is 209 Å². The van der Waals surface area contributed by atoms with Crippen molar-refractivity contribution >= 4 is 11.7 Å². The number of rotatable bonds is 8. The molecule has 6 nitrogen and oxygen atoms in total. The van der Waals surface area contributed by atoms with Crippen molar-refractivity contribution in [3.05, 3.63) is 47.8 Å². The van der Waals surface area contributed by atoms with Crippen LogP contribution in [0.25, 0.3) is 0 Å². The molecular weight excluding hydrogens is 442 g/mol. The van der Waals surface area contributed by atoms with Crippen LogP contribution in [-0.4, -0.2) is 45.8 Å². The van der Waals surface area contributed by atoms with E-state index >= 15 is 0 Å². The van der Waals surface area contributed by atoms with Gasteiger partial charge in [0.2, 0.25) is 0 Å². The van der Waals surface area contributed by atoms with E-state index in [4.69, 9.17) is 0 Å². The van der Waals surface area contributed by atoms with E-state index in [0.29, 0.717) is 24.7 Å². The number of aliphatic hydroxyl groups excluding tert-OH is 3. The number of hydrogen-bond donors (Lipinski definition) is 4. The highest BCUT2D eigenvalue weighted by atomic mass is 16.3. The Morgan fingerprint density at radius 3 is 2.49 bits per heavy atom. The Morgan fingerprint density at radius 2 is 1.86 bits per heavy atom. The third-order valence-corrected chi connectivity index (χ3v) is 8.62. The summed E-state index contributed by atoms with van der Waals surface area (Å²) in [7, 11) is 0. The largest absolute Gasteiger partial charge is 0.511 e. The molecule has 0 aromatic heterocycles. The fourth-order valence-corrected chi connectivity index (χ4v) is 6.77. The highest BCUT2D eigenvalue weighted by Crippen LogP contribution is 2.58. The molecule has 0 aromatic rings. The van der Waals surface area contributed by atoms with Crippen LogP contribution >= 0.6 is 0 Å². The summed E-state index contributed by atoms with van der Waals surface area (Å²) < 4.78 is 0. The molecule has 0 spiro atoms. The highest BCUT2D eigenvalue weighted by molar-refractivity contribution is 6.25. The molecule has 3 rings (SSSR count). The van der Waals surface area contributed by atoms with E-state index in [9.17, 15) is 24.9 Å². The average Bonchev–Trinajstić information content (AvgIpc) is 3.14. The zero-order valence-electron chi connectivity index (χ0n) is 21.8. The second-order valence-electron chi connectivity index (χ2n) is 11.3. The molecule has 2 aliphatic carbocycles. The fourth-order valence-electron chi connectivity index (χ4n) is 6.77. The topological polar surface area (TPSA) is 107 Å². The van der Waals surface area contributed by atoms with E-state index in [1.165, 1.54) is 0 Å². The zero-order chi connectivity index (χ0) is 25.9. The number of aliphatic hydroxyl groups is 3. The van der Waals surface area contributed by atoms with Gasteiger partial charge in [-0.3, -0.25) is 9.59 Å². The van der Waals surface area contributed by atoms with Crippen molar-refractivity contribution in [1.29, 1.82) is 0 Å². The first-order chi connectivity index (χ1) is 16.5. The lowest BCUT2D eigenvalue weighted by atomic mass is 9.50. The van der Waals surface area contributed by atoms with Crippen molar-refractivity contribution in [2.24, 2.45) is 40.9 Å². The molecule has 1 saturated carbocycles. The number of fused-ring (bicyclic) bond motifs is 1. The molecule has 194 valence electrons. The third kappa shape index (κ3) is 5.64. The van der Waals surface area contributed by atoms with E-state index in [1.807, 2.05) is 32.9 Å². The van der Waals surface area contributed by atoms with Gasteiger partial charge < -0.3 is 20.6 Å². The van der Waals surface area contributed by atoms with Crippen LogP contribution in [0.4, 0.5) is 0 Å². The van der Waals surface area contributed by atoms with Gasteiger partial charge in [0, 0.05) is 11.3 Å². The van der Waals surface area contributed by atoms with Crippen molar-refractivity contribution in [3.63, 3.8) is 0 Å². The molecule has 1 heterocycles. The monoisotopic (exact) mass is 485 g/mol. The first kappa shape index (κ1) is 27.4. The maximum absolute atomic E-state index is 12.5. The van der Waals surface area contributed by atoms with Gasteiger partial charge in [-0.25, -0.2) is 0 Å². The minimum atomic E-state index is -0.837. The average molecular weight is 486 g/mol. The number of carbonyl (C=O) groups excluding carboxylic acids is 2. The molecule has 1 amide bonds. The lowest BCUT2D eigenvalue weighted by Gasteiger charge is -2.54. The van der Waals surface area contributed by atoms with E-state index in [2.05, 4.69) is 31.3 Å². The molecule has 0 radical (unpaired) electrons. The Kier molecular flexibility index (Phi) is 8.81. The lowest BCUT2D eigenvalue weighted by Crippen LogP contribution is -2.49. The van der Waals surface area contributed by atoms with Crippen molar-refractivity contribution in [1.82, 2.24) is 5.32 Å². The molecule has 1 aliphatic heterocycles. The van der Waals surface area contributed by atoms with Crippen molar-refractivity contribution in [2.45, 2.75) is 72.5 Å². The van der Waals surface area contributed by atoms with Crippen LogP contribution in [0.5, 0.6) is 0 Å². The van der Waals surface area contributed by atoms with Gasteiger partial charge in [0.05, 0.1) is 18.8 Å². The molecule has 2 fully saturated rings. The number of Topliss-reactive ketones (excluding diaryl/α,β-unsaturated/α-hetero) is 1. The smallest absolute Gasteiger partial charge is 0.258 e. The van der Waals surface area contributed by atoms with Gasteiger partial charge in [0.15, 0.2) is 5.78 Å². The van der Waals surface area contributed by atoms with Crippen LogP contribution < -0.4 is 5.32 Å². The molecule has 3 aliphatic rings. The maximum atomic E-state index is 12.5. The molecule has 9 unspecified atom stereocenters. The van der Waals surface area contributed by atoms with Gasteiger partial charge in [-0.15, -0.1) is 0 Å². The van der Waals surface area contributed by atoms with E-state index in [0.717, 1.165) is 12.8 Å². The van der Waals surface area contributed by atoms with E-state index in [1.54, 1.807) is 12.2 Å². The highest BCUT2D eigenvalue weighted by Gasteiger charge is 2.54. The van der Waals surface area contributed by atoms with Crippen molar-refractivity contribution < 1.29 is 24.9 Å². The first-order valence-electron chi connectivity index (χ1n) is 13.1. The number of allylic oxidation sites excluding steroid dienone is 5. The number of nitrogens with one attached hydrogen (secondary N) is 1. The van der Waals surface area contributed by atoms with Crippen molar-refractivity contribution in [3.8, 4) is 0 Å². The van der Waals surface area contributed by atoms with Crippen molar-refractivity contribution in [2.75, 3.05) is 6.54 Å². The Bertz CT molecular complexity index is 900. The molecule has 4 N–H and O–H groups in total. The quantitative estimate of drug-likeness (QED) is 0.135. The van der Waals surface area contributed by atoms with Crippen LogP contribution in [0.3, 0.4) is 0 Å². The predicted molar refractivity (Wildman–Crippen MR) is 137 cm³/mol. The summed E-state index contributed by atoms with van der Waals surface area (Å²) in [6.45, 7) is 10.2. The number of carbonyl (C=O) groups is 2. The fraction of sp³-hybridized carbons (Fsp3) is 0.655. The standard InChI is InChI=1S/C29H43NO5/c1-6-23(32)18(3)9-7-8-10-22(31)15-21-12-11-20-14-17(2)13-19(4)26(20)29(21,5)27(34)25-24(33)16-30-28(25)35/h7-12,17-23,26,31-32,34H,6,13-16H2,1-5H3,(H,30,35). The molecule has 9 atom stereocenters. The summed E-state index contributed by atoms with van der Waals surface area (Å²) in [6, 6.07) is 0. The summed E-state index contributed by atoms with van der Waals surface area (Å²) in [4.78, 5) is 25.0. The van der Waals surface area contributed by atoms with Crippen LogP contribution in [0.1, 0.15) is 60.3 Å². The van der Waals surface area contributed by atoms with Gasteiger partial charge in [-0.1, -0.05) is 71.1 Å². The third-order valence-electron chi connectivity index (χ3n) is 8.62. The van der Waals surface area contributed by atoms with E-state index < -0.39 is 23.5 Å². The van der Waals surface area contributed by atoms with Gasteiger partial charge in [0.25, 0.3) is 5.91 Å². The maximum Gasteiger partial charge on any atom is 0.258 e. The first-order valence-corrected chi connectivity index (χ1v) is 13.1. The van der Waals surface area contributed by atoms with Gasteiger partial charge >= 0.3 is 0 Å². The van der Waals surface area contributed by atoms with Crippen LogP contribution in [0.15, 0.2) is 47.8 Å². The number of ketones is 1. The van der Waals surface area contributed by atoms with Gasteiger partial charge in [-0.2, -0.15) is 0 Å². The normalized spacial score (nSPS) is 37.4. The minimum absolute atomic E-state index is 0.0251. The van der Waals surface area contributed by atoms with Crippen LogP contribution in [-0.2, 0) is 9.59 Å². The summed E-state index contributed by atoms with van der Waals surface area (Å²) in [5, 5.41) is 34.9. The van der Waals surface area contributed by atoms with Gasteiger partial charge in [0.1, 0.15) is 11.3 Å². The summed E-state index contributed by atoms with van der Waals surface area (Å²) >= 11 is 0. The Balaban J connectivity index is 1.90. The molecule has 0 bridgehead atoms. The predicted octanol–water partition coefficient (Wildman–Crippen LogP) is 4.26. The molecular formula is C29H43NO5. The number of amides is 1. The van der Waals surface area contributed by atoms with Crippen LogP contribution in [0, 0.1) is 40.9 Å². The summed E-state index contributed by atoms with van der Waals surface area (Å²) in [5.74, 6) is -0.0397. The second kappa shape index (κ2) is 11.3. The zero-order valence-corrected chi connectivity index (χ0v) is 21.8. The SMILES string of the molecule is CCC(O)C(C)C=CC=CC(O)CC1C=CC2CC(C)CC(C)C2C1(C)C(O)=C1C(=O)CNC1=O. The Morgan fingerprint density at radius 1 is 1.17 bits per heavy atom. The second-order valence-corrected chi connectivity index (χ2v) is 11.3. The molecule has 35 heavy (non-hydrogen) atoms. The molecule has 6 heteroatoms. The van der Waals surface area contributed by atoms with E-state index in [-0.39, 0.29) is 47.3 Å². The Hall–Kier alpha value is -2.18. The molecule has 0 aromatic carbocycles. The van der Waals surface area contributed by atoms with Crippen LogP contribution in [0.2, 0.25) is 0 Å².